The van der Waals surface area contributed by atoms with Crippen LogP contribution in [0.1, 0.15) is 29.7 Å². The van der Waals surface area contributed by atoms with Crippen LogP contribution >= 0.6 is 11.6 Å². The van der Waals surface area contributed by atoms with E-state index in [9.17, 15) is 40.3 Å². The van der Waals surface area contributed by atoms with Gasteiger partial charge < -0.3 is 20.5 Å². The summed E-state index contributed by atoms with van der Waals surface area (Å²) < 4.78 is 100. The Morgan fingerprint density at radius 1 is 1.02 bits per heavy atom. The van der Waals surface area contributed by atoms with Crippen molar-refractivity contribution in [3.05, 3.63) is 94.5 Å². The lowest BCUT2D eigenvalue weighted by molar-refractivity contribution is -0.253. The summed E-state index contributed by atoms with van der Waals surface area (Å²) in [6, 6.07) is 11.4. The second-order valence-corrected chi connectivity index (χ2v) is 9.56. The number of ether oxygens (including phenoxy) is 1. The molecule has 1 atom stereocenters. The van der Waals surface area contributed by atoms with Gasteiger partial charge in [0.2, 0.25) is 0 Å². The van der Waals surface area contributed by atoms with Gasteiger partial charge in [-0.1, -0.05) is 41.9 Å². The number of nitrogens with zero attached hydrogens (tertiary/aromatic N) is 1. The molecule has 7 nitrogen and oxygen atoms in total. The summed E-state index contributed by atoms with van der Waals surface area (Å²) in [5.74, 6) is -7.35. The molecule has 0 aliphatic carbocycles. The van der Waals surface area contributed by atoms with Crippen molar-refractivity contribution < 1.29 is 50.2 Å². The van der Waals surface area contributed by atoms with Crippen molar-refractivity contribution in [3.8, 4) is 5.75 Å². The first kappa shape index (κ1) is 32.4. The summed E-state index contributed by atoms with van der Waals surface area (Å²) >= 11 is 5.96. The minimum absolute atomic E-state index is 0.0688. The molecule has 226 valence electrons. The number of pyridine rings is 1. The average molecular weight is 622 g/mol. The second kappa shape index (κ2) is 13.3. The normalized spacial score (nSPS) is 13.4. The molecule has 3 rings (SSSR count). The first-order valence-electron chi connectivity index (χ1n) is 12.1. The Morgan fingerprint density at radius 3 is 2.31 bits per heavy atom. The van der Waals surface area contributed by atoms with Gasteiger partial charge in [-0.3, -0.25) is 9.78 Å². The Kier molecular flexibility index (Phi) is 10.3. The Bertz CT molecular complexity index is 1380. The molecular weight excluding hydrogens is 599 g/mol. The number of amides is 2. The van der Waals surface area contributed by atoms with Crippen molar-refractivity contribution in [2.45, 2.75) is 43.3 Å². The van der Waals surface area contributed by atoms with Crippen molar-refractivity contribution in [2.75, 3.05) is 6.54 Å². The molecule has 0 spiro atoms. The largest absolute Gasteiger partial charge is 0.481 e. The van der Waals surface area contributed by atoms with Crippen molar-refractivity contribution >= 4 is 23.6 Å². The van der Waals surface area contributed by atoms with E-state index in [0.717, 1.165) is 18.3 Å². The van der Waals surface area contributed by atoms with Crippen LogP contribution in [0, 0.1) is 5.82 Å². The van der Waals surface area contributed by atoms with Crippen LogP contribution in [0.5, 0.6) is 5.75 Å². The topological polar surface area (TPSA) is 101 Å². The number of carboxylic acids is 1. The van der Waals surface area contributed by atoms with Crippen molar-refractivity contribution in [3.63, 3.8) is 0 Å². The highest BCUT2D eigenvalue weighted by Crippen LogP contribution is 2.37. The molecule has 42 heavy (non-hydrogen) atoms. The van der Waals surface area contributed by atoms with Crippen LogP contribution in [0.15, 0.2) is 66.9 Å². The van der Waals surface area contributed by atoms with E-state index in [0.29, 0.717) is 11.6 Å². The second-order valence-electron chi connectivity index (χ2n) is 9.13. The minimum Gasteiger partial charge on any atom is -0.481 e. The van der Waals surface area contributed by atoms with Crippen molar-refractivity contribution in [1.82, 2.24) is 15.6 Å². The van der Waals surface area contributed by atoms with Gasteiger partial charge in [0, 0.05) is 25.1 Å². The van der Waals surface area contributed by atoms with Gasteiger partial charge in [-0.15, -0.1) is 0 Å². The molecule has 0 saturated heterocycles. The molecule has 1 unspecified atom stereocenters. The molecule has 15 heteroatoms. The Morgan fingerprint density at radius 2 is 1.71 bits per heavy atom. The van der Waals surface area contributed by atoms with E-state index in [-0.39, 0.29) is 22.7 Å². The molecule has 3 N–H and O–H groups in total. The predicted octanol–water partition coefficient (Wildman–Crippen LogP) is 6.40. The summed E-state index contributed by atoms with van der Waals surface area (Å²) in [7, 11) is 0. The maximum Gasteiger partial charge on any atom is 0.461 e. The number of hydrogen-bond donors (Lipinski definition) is 3. The first-order valence-corrected chi connectivity index (χ1v) is 12.5. The lowest BCUT2D eigenvalue weighted by Crippen LogP contribution is -2.54. The highest BCUT2D eigenvalue weighted by molar-refractivity contribution is 6.30. The zero-order valence-electron chi connectivity index (χ0n) is 21.4. The Hall–Kier alpha value is -4.07. The fourth-order valence-corrected chi connectivity index (χ4v) is 4.06. The summed E-state index contributed by atoms with van der Waals surface area (Å²) in [4.78, 5) is 27.9. The molecule has 3 aromatic rings. The zero-order valence-corrected chi connectivity index (χ0v) is 22.2. The molecule has 0 aliphatic heterocycles. The SMILES string of the molecule is O=C(O)CCC(F)(F)CNC(=O)NC(Cc1ccccc1)(c1cc(F)cc(OC(F)(F)C(F)F)c1)c1ccc(Cl)cn1. The maximum atomic E-state index is 14.8. The van der Waals surface area contributed by atoms with E-state index in [1.54, 1.807) is 30.3 Å². The molecule has 1 heterocycles. The maximum absolute atomic E-state index is 14.8. The lowest BCUT2D eigenvalue weighted by Gasteiger charge is -2.36. The molecule has 0 bridgehead atoms. The summed E-state index contributed by atoms with van der Waals surface area (Å²) in [6.45, 7) is -1.29. The zero-order chi connectivity index (χ0) is 31.1. The van der Waals surface area contributed by atoms with Crippen LogP contribution in [-0.2, 0) is 16.8 Å². The van der Waals surface area contributed by atoms with Gasteiger partial charge in [-0.2, -0.15) is 17.6 Å². The van der Waals surface area contributed by atoms with Gasteiger partial charge in [-0.05, 0) is 35.4 Å². The quantitative estimate of drug-likeness (QED) is 0.192. The van der Waals surface area contributed by atoms with Gasteiger partial charge in [0.1, 0.15) is 17.1 Å². The first-order chi connectivity index (χ1) is 19.6. The third-order valence-corrected chi connectivity index (χ3v) is 6.11. The molecule has 0 radical (unpaired) electrons. The van der Waals surface area contributed by atoms with Crippen LogP contribution in [0.2, 0.25) is 5.02 Å². The van der Waals surface area contributed by atoms with Crippen LogP contribution in [0.25, 0.3) is 0 Å². The number of carboxylic acid groups (broad SMARTS) is 1. The minimum atomic E-state index is -5.00. The van der Waals surface area contributed by atoms with Crippen molar-refractivity contribution in [2.24, 2.45) is 0 Å². The van der Waals surface area contributed by atoms with Gasteiger partial charge in [0.05, 0.1) is 23.7 Å². The summed E-state index contributed by atoms with van der Waals surface area (Å²) in [5, 5.41) is 13.2. The smallest absolute Gasteiger partial charge is 0.461 e. The van der Waals surface area contributed by atoms with Gasteiger partial charge >= 0.3 is 24.5 Å². The number of aromatic nitrogens is 1. The molecule has 0 fully saturated rings. The Balaban J connectivity index is 2.13. The monoisotopic (exact) mass is 621 g/mol. The van der Waals surface area contributed by atoms with Gasteiger partial charge in [0.25, 0.3) is 5.92 Å². The number of carbonyl (C=O) groups is 2. The number of rotatable bonds is 13. The number of hydrogen-bond acceptors (Lipinski definition) is 4. The van der Waals surface area contributed by atoms with Crippen LogP contribution in [0.3, 0.4) is 0 Å². The van der Waals surface area contributed by atoms with E-state index in [4.69, 9.17) is 16.7 Å². The van der Waals surface area contributed by atoms with E-state index >= 15 is 0 Å². The highest BCUT2D eigenvalue weighted by atomic mass is 35.5. The third-order valence-electron chi connectivity index (χ3n) is 5.89. The summed E-state index contributed by atoms with van der Waals surface area (Å²) in [5.41, 5.74) is -1.94. The molecule has 0 aliphatic rings. The van der Waals surface area contributed by atoms with Crippen LogP contribution in [0.4, 0.5) is 35.5 Å². The van der Waals surface area contributed by atoms with E-state index in [1.165, 1.54) is 12.1 Å². The third kappa shape index (κ3) is 8.71. The highest BCUT2D eigenvalue weighted by Gasteiger charge is 2.45. The lowest BCUT2D eigenvalue weighted by atomic mass is 9.80. The van der Waals surface area contributed by atoms with E-state index in [1.807, 2.05) is 5.32 Å². The average Bonchev–Trinajstić information content (AvgIpc) is 2.91. The van der Waals surface area contributed by atoms with Crippen LogP contribution < -0.4 is 15.4 Å². The number of urea groups is 1. The van der Waals surface area contributed by atoms with E-state index < -0.39 is 66.9 Å². The molecule has 1 aromatic heterocycles. The number of aliphatic carboxylic acids is 1. The van der Waals surface area contributed by atoms with Crippen molar-refractivity contribution in [1.29, 1.82) is 0 Å². The number of carbonyl (C=O) groups excluding carboxylic acids is 1. The molecular formula is C27H23ClF7N3O4. The fraction of sp³-hybridized carbons (Fsp3) is 0.296. The molecule has 2 amide bonds. The predicted molar refractivity (Wildman–Crippen MR) is 137 cm³/mol. The standard InChI is InChI=1S/C27H23ClF7N3O4/c28-18-6-7-21(36-14-18)26(13-16-4-2-1-3-5-16,38-24(41)37-15-25(32,33)9-8-22(39)40)17-10-19(29)12-20(11-17)42-27(34,35)23(30)31/h1-7,10-12,14,23H,8-9,13,15H2,(H,39,40)(H2,37,38,41). The fourth-order valence-electron chi connectivity index (χ4n) is 3.95. The number of halogens is 8. The molecule has 2 aromatic carbocycles. The van der Waals surface area contributed by atoms with E-state index in [2.05, 4.69) is 15.0 Å². The number of alkyl halides is 6. The number of nitrogens with one attached hydrogen (secondary N) is 2. The van der Waals surface area contributed by atoms with Gasteiger partial charge in [-0.25, -0.2) is 18.0 Å². The Labute approximate surface area is 239 Å². The molecule has 0 saturated carbocycles. The van der Waals surface area contributed by atoms with Crippen LogP contribution in [-0.4, -0.2) is 47.1 Å². The number of benzene rings is 2. The van der Waals surface area contributed by atoms with Gasteiger partial charge in [0.15, 0.2) is 0 Å². The summed E-state index contributed by atoms with van der Waals surface area (Å²) in [6.07, 6.45) is -10.4.